The molecule has 0 aromatic carbocycles. The van der Waals surface area contributed by atoms with Crippen molar-refractivity contribution in [3.05, 3.63) is 0 Å². The summed E-state index contributed by atoms with van der Waals surface area (Å²) in [5, 5.41) is 3.68. The number of hydrogen-bond acceptors (Lipinski definition) is 3. The minimum atomic E-state index is -0.178. The summed E-state index contributed by atoms with van der Waals surface area (Å²) in [5.74, 6) is 2.83. The predicted octanol–water partition coefficient (Wildman–Crippen LogP) is 2.36. The van der Waals surface area contributed by atoms with Crippen molar-refractivity contribution in [3.8, 4) is 0 Å². The maximum absolute atomic E-state index is 12.9. The van der Waals surface area contributed by atoms with E-state index in [0.717, 1.165) is 25.0 Å². The van der Waals surface area contributed by atoms with E-state index >= 15 is 0 Å². The molecule has 102 valence electrons. The summed E-state index contributed by atoms with van der Waals surface area (Å²) in [5.41, 5.74) is -0.178. The van der Waals surface area contributed by atoms with E-state index in [1.165, 1.54) is 31.4 Å². The van der Waals surface area contributed by atoms with E-state index in [0.29, 0.717) is 18.1 Å². The molecule has 0 aromatic heterocycles. The van der Waals surface area contributed by atoms with Crippen LogP contribution in [0.2, 0.25) is 0 Å². The SMILES string of the molecule is CCC1NC2(CCCC2)C(=O)N1C1CCCSC1. The number of carbonyl (C=O) groups excluding carboxylic acids is 1. The van der Waals surface area contributed by atoms with Crippen molar-refractivity contribution in [2.75, 3.05) is 11.5 Å². The van der Waals surface area contributed by atoms with E-state index < -0.39 is 0 Å². The van der Waals surface area contributed by atoms with Gasteiger partial charge in [0.25, 0.3) is 0 Å². The molecule has 2 saturated heterocycles. The first kappa shape index (κ1) is 12.8. The Morgan fingerprint density at radius 2 is 2.17 bits per heavy atom. The lowest BCUT2D eigenvalue weighted by molar-refractivity contribution is -0.135. The molecule has 1 saturated carbocycles. The average molecular weight is 268 g/mol. The van der Waals surface area contributed by atoms with Gasteiger partial charge in [-0.1, -0.05) is 19.8 Å². The summed E-state index contributed by atoms with van der Waals surface area (Å²) < 4.78 is 0. The summed E-state index contributed by atoms with van der Waals surface area (Å²) in [6.45, 7) is 2.20. The molecule has 3 nitrogen and oxygen atoms in total. The highest BCUT2D eigenvalue weighted by Gasteiger charge is 2.53. The maximum atomic E-state index is 12.9. The molecule has 18 heavy (non-hydrogen) atoms. The van der Waals surface area contributed by atoms with Crippen LogP contribution in [0.5, 0.6) is 0 Å². The van der Waals surface area contributed by atoms with Gasteiger partial charge < -0.3 is 4.90 Å². The van der Waals surface area contributed by atoms with Crippen molar-refractivity contribution in [3.63, 3.8) is 0 Å². The molecular weight excluding hydrogens is 244 g/mol. The van der Waals surface area contributed by atoms with Gasteiger partial charge in [0.05, 0.1) is 11.7 Å². The van der Waals surface area contributed by atoms with Crippen molar-refractivity contribution in [1.82, 2.24) is 10.2 Å². The van der Waals surface area contributed by atoms with Gasteiger partial charge >= 0.3 is 0 Å². The van der Waals surface area contributed by atoms with Gasteiger partial charge in [0, 0.05) is 11.8 Å². The van der Waals surface area contributed by atoms with Gasteiger partial charge in [0.15, 0.2) is 0 Å². The third-order valence-corrected chi connectivity index (χ3v) is 5.99. The first-order valence-electron chi connectivity index (χ1n) is 7.45. The standard InChI is InChI=1S/C14H24N2OS/c1-2-12-15-14(7-3-4-8-14)13(17)16(12)11-6-5-9-18-10-11/h11-12,15H,2-10H2,1H3. The molecule has 0 aromatic rings. The lowest BCUT2D eigenvalue weighted by atomic mass is 9.97. The van der Waals surface area contributed by atoms with Crippen molar-refractivity contribution in [2.45, 2.75) is 69.6 Å². The number of nitrogens with one attached hydrogen (secondary N) is 1. The monoisotopic (exact) mass is 268 g/mol. The third-order valence-electron chi connectivity index (χ3n) is 4.80. The molecule has 2 unspecified atom stereocenters. The Balaban J connectivity index is 1.80. The Hall–Kier alpha value is -0.220. The fourth-order valence-electron chi connectivity index (χ4n) is 3.84. The minimum Gasteiger partial charge on any atom is -0.322 e. The molecule has 1 amide bonds. The lowest BCUT2D eigenvalue weighted by Gasteiger charge is -2.34. The molecule has 3 aliphatic rings. The number of thioether (sulfide) groups is 1. The molecule has 2 atom stereocenters. The van der Waals surface area contributed by atoms with E-state index in [4.69, 9.17) is 0 Å². The zero-order valence-electron chi connectivity index (χ0n) is 11.3. The Morgan fingerprint density at radius 1 is 1.39 bits per heavy atom. The summed E-state index contributed by atoms with van der Waals surface area (Å²) >= 11 is 2.01. The van der Waals surface area contributed by atoms with E-state index in [9.17, 15) is 4.79 Å². The predicted molar refractivity (Wildman–Crippen MR) is 75.6 cm³/mol. The van der Waals surface area contributed by atoms with Gasteiger partial charge in [-0.25, -0.2) is 0 Å². The molecule has 1 spiro atoms. The largest absolute Gasteiger partial charge is 0.322 e. The highest BCUT2D eigenvalue weighted by molar-refractivity contribution is 7.99. The number of hydrogen-bond donors (Lipinski definition) is 1. The zero-order chi connectivity index (χ0) is 12.6. The molecule has 0 bridgehead atoms. The van der Waals surface area contributed by atoms with Gasteiger partial charge in [-0.2, -0.15) is 11.8 Å². The summed E-state index contributed by atoms with van der Waals surface area (Å²) in [4.78, 5) is 15.1. The van der Waals surface area contributed by atoms with Crippen LogP contribution in [0.25, 0.3) is 0 Å². The summed E-state index contributed by atoms with van der Waals surface area (Å²) in [6.07, 6.45) is 8.33. The van der Waals surface area contributed by atoms with Crippen LogP contribution in [0.15, 0.2) is 0 Å². The van der Waals surface area contributed by atoms with E-state index in [2.05, 4.69) is 17.1 Å². The molecule has 2 aliphatic heterocycles. The molecule has 4 heteroatoms. The van der Waals surface area contributed by atoms with Crippen molar-refractivity contribution >= 4 is 17.7 Å². The number of amides is 1. The van der Waals surface area contributed by atoms with Gasteiger partial charge in [-0.05, 0) is 37.9 Å². The molecule has 1 aliphatic carbocycles. The van der Waals surface area contributed by atoms with Crippen LogP contribution in [-0.2, 0) is 4.79 Å². The van der Waals surface area contributed by atoms with Crippen LogP contribution >= 0.6 is 11.8 Å². The fourth-order valence-corrected chi connectivity index (χ4v) is 4.97. The van der Waals surface area contributed by atoms with Crippen LogP contribution in [0, 0.1) is 0 Å². The second-order valence-electron chi connectivity index (χ2n) is 5.94. The zero-order valence-corrected chi connectivity index (χ0v) is 12.1. The van der Waals surface area contributed by atoms with E-state index in [-0.39, 0.29) is 5.54 Å². The van der Waals surface area contributed by atoms with Gasteiger partial charge in [-0.15, -0.1) is 0 Å². The van der Waals surface area contributed by atoms with Crippen molar-refractivity contribution in [1.29, 1.82) is 0 Å². The maximum Gasteiger partial charge on any atom is 0.244 e. The molecule has 1 N–H and O–H groups in total. The number of nitrogens with zero attached hydrogens (tertiary/aromatic N) is 1. The topological polar surface area (TPSA) is 32.3 Å². The Morgan fingerprint density at radius 3 is 2.78 bits per heavy atom. The van der Waals surface area contributed by atoms with Crippen molar-refractivity contribution in [2.24, 2.45) is 0 Å². The second kappa shape index (κ2) is 5.04. The Bertz CT molecular complexity index is 322. The first-order chi connectivity index (χ1) is 8.77. The Kier molecular flexibility index (Phi) is 3.59. The first-order valence-corrected chi connectivity index (χ1v) is 8.60. The van der Waals surface area contributed by atoms with Gasteiger partial charge in [-0.3, -0.25) is 10.1 Å². The molecule has 2 heterocycles. The van der Waals surface area contributed by atoms with Crippen LogP contribution in [0.4, 0.5) is 0 Å². The third kappa shape index (κ3) is 1.97. The minimum absolute atomic E-state index is 0.178. The van der Waals surface area contributed by atoms with E-state index in [1.54, 1.807) is 0 Å². The second-order valence-corrected chi connectivity index (χ2v) is 7.09. The lowest BCUT2D eigenvalue weighted by Crippen LogP contribution is -2.47. The van der Waals surface area contributed by atoms with Gasteiger partial charge in [0.2, 0.25) is 5.91 Å². The van der Waals surface area contributed by atoms with Crippen molar-refractivity contribution < 1.29 is 4.79 Å². The average Bonchev–Trinajstić information content (AvgIpc) is 2.98. The fraction of sp³-hybridized carbons (Fsp3) is 0.929. The highest BCUT2D eigenvalue weighted by Crippen LogP contribution is 2.39. The molecule has 3 rings (SSSR count). The number of rotatable bonds is 2. The molecule has 0 radical (unpaired) electrons. The number of carbonyl (C=O) groups is 1. The molecular formula is C14H24N2OS. The van der Waals surface area contributed by atoms with Crippen LogP contribution in [0.1, 0.15) is 51.9 Å². The summed E-state index contributed by atoms with van der Waals surface area (Å²) in [6, 6.07) is 0.480. The molecule has 3 fully saturated rings. The van der Waals surface area contributed by atoms with Crippen LogP contribution in [0.3, 0.4) is 0 Å². The van der Waals surface area contributed by atoms with Crippen LogP contribution in [-0.4, -0.2) is 40.1 Å². The smallest absolute Gasteiger partial charge is 0.244 e. The van der Waals surface area contributed by atoms with E-state index in [1.807, 2.05) is 11.8 Å². The highest BCUT2D eigenvalue weighted by atomic mass is 32.2. The van der Waals surface area contributed by atoms with Crippen LogP contribution < -0.4 is 5.32 Å². The van der Waals surface area contributed by atoms with Gasteiger partial charge in [0.1, 0.15) is 0 Å². The summed E-state index contributed by atoms with van der Waals surface area (Å²) in [7, 11) is 0. The quantitative estimate of drug-likeness (QED) is 0.834. The Labute approximate surface area is 114 Å². The normalized spacial score (nSPS) is 35.6.